The van der Waals surface area contributed by atoms with Gasteiger partial charge >= 0.3 is 0 Å². The van der Waals surface area contributed by atoms with E-state index in [4.69, 9.17) is 11.6 Å². The minimum absolute atomic E-state index is 0.0539. The number of anilines is 1. The number of carbonyl (C=O) groups excluding carboxylic acids is 3. The number of hydrogen-bond acceptors (Lipinski definition) is 5. The Hall–Kier alpha value is -2.94. The monoisotopic (exact) mass is 594 g/mol. The molecule has 0 radical (unpaired) electrons. The molecule has 226 valence electrons. The Morgan fingerprint density at radius 3 is 2.31 bits per heavy atom. The second kappa shape index (κ2) is 13.6. The van der Waals surface area contributed by atoms with Crippen molar-refractivity contribution < 1.29 is 19.5 Å². The van der Waals surface area contributed by atoms with Crippen LogP contribution in [0.4, 0.5) is 5.69 Å². The fourth-order valence-corrected chi connectivity index (χ4v) is 7.19. The SMILES string of the molecule is CC(=O)N1CCC(C(=O)N(CCCN2C3CCC2CC(NC(=O)C(O)c2ccccc2)C3)c2ccc(C)c(Cl)c2)CC1. The van der Waals surface area contributed by atoms with Gasteiger partial charge in [0.2, 0.25) is 11.8 Å². The van der Waals surface area contributed by atoms with Gasteiger partial charge < -0.3 is 20.2 Å². The number of hydrogen-bond donors (Lipinski definition) is 2. The Kier molecular flexibility index (Phi) is 9.86. The highest BCUT2D eigenvalue weighted by molar-refractivity contribution is 6.31. The number of nitrogens with zero attached hydrogens (tertiary/aromatic N) is 3. The van der Waals surface area contributed by atoms with Crippen LogP contribution in [0.2, 0.25) is 5.02 Å². The lowest BCUT2D eigenvalue weighted by Crippen LogP contribution is -2.51. The van der Waals surface area contributed by atoms with Crippen LogP contribution in [0.25, 0.3) is 0 Å². The van der Waals surface area contributed by atoms with Crippen LogP contribution in [0.3, 0.4) is 0 Å². The zero-order chi connectivity index (χ0) is 29.8. The summed E-state index contributed by atoms with van der Waals surface area (Å²) in [7, 11) is 0. The normalized spacial score (nSPS) is 23.4. The van der Waals surface area contributed by atoms with Gasteiger partial charge in [0.25, 0.3) is 5.91 Å². The first-order valence-electron chi connectivity index (χ1n) is 15.3. The highest BCUT2D eigenvalue weighted by Crippen LogP contribution is 2.36. The van der Waals surface area contributed by atoms with Gasteiger partial charge in [-0.05, 0) is 75.1 Å². The van der Waals surface area contributed by atoms with E-state index in [1.54, 1.807) is 19.1 Å². The van der Waals surface area contributed by atoms with Crippen LogP contribution in [0.5, 0.6) is 0 Å². The second-order valence-corrected chi connectivity index (χ2v) is 12.6. The lowest BCUT2D eigenvalue weighted by Gasteiger charge is -2.40. The zero-order valence-electron chi connectivity index (χ0n) is 24.7. The molecule has 3 atom stereocenters. The van der Waals surface area contributed by atoms with Crippen molar-refractivity contribution in [2.75, 3.05) is 31.1 Å². The van der Waals surface area contributed by atoms with Crippen LogP contribution in [0.1, 0.15) is 69.1 Å². The first-order chi connectivity index (χ1) is 20.2. The quantitative estimate of drug-likeness (QED) is 0.447. The lowest BCUT2D eigenvalue weighted by atomic mass is 9.94. The van der Waals surface area contributed by atoms with Gasteiger partial charge in [-0.2, -0.15) is 0 Å². The van der Waals surface area contributed by atoms with Crippen LogP contribution in [0, 0.1) is 12.8 Å². The van der Waals surface area contributed by atoms with Gasteiger partial charge in [0.1, 0.15) is 0 Å². The number of aliphatic hydroxyl groups excluding tert-OH is 1. The van der Waals surface area contributed by atoms with Crippen molar-refractivity contribution in [1.82, 2.24) is 15.1 Å². The van der Waals surface area contributed by atoms with E-state index >= 15 is 0 Å². The highest BCUT2D eigenvalue weighted by Gasteiger charge is 2.41. The van der Waals surface area contributed by atoms with Crippen molar-refractivity contribution >= 4 is 35.0 Å². The van der Waals surface area contributed by atoms with E-state index in [0.717, 1.165) is 49.9 Å². The van der Waals surface area contributed by atoms with Crippen molar-refractivity contribution in [2.45, 2.75) is 83.0 Å². The van der Waals surface area contributed by atoms with Crippen molar-refractivity contribution in [2.24, 2.45) is 5.92 Å². The Balaban J connectivity index is 1.18. The summed E-state index contributed by atoms with van der Waals surface area (Å²) in [6.07, 6.45) is 4.97. The molecule has 5 rings (SSSR count). The number of nitrogens with one attached hydrogen (secondary N) is 1. The minimum Gasteiger partial charge on any atom is -0.378 e. The summed E-state index contributed by atoms with van der Waals surface area (Å²) >= 11 is 6.47. The van der Waals surface area contributed by atoms with Gasteiger partial charge in [0.05, 0.1) is 0 Å². The van der Waals surface area contributed by atoms with Gasteiger partial charge in [-0.15, -0.1) is 0 Å². The molecule has 2 N–H and O–H groups in total. The third-order valence-electron chi connectivity index (χ3n) is 9.42. The van der Waals surface area contributed by atoms with E-state index in [2.05, 4.69) is 10.2 Å². The average molecular weight is 595 g/mol. The van der Waals surface area contributed by atoms with E-state index < -0.39 is 6.10 Å². The molecule has 3 amide bonds. The van der Waals surface area contributed by atoms with Gasteiger partial charge in [-0.25, -0.2) is 0 Å². The summed E-state index contributed by atoms with van der Waals surface area (Å²) in [4.78, 5) is 44.6. The zero-order valence-corrected chi connectivity index (χ0v) is 25.4. The molecule has 3 fully saturated rings. The molecule has 0 aliphatic carbocycles. The molecular weight excluding hydrogens is 552 g/mol. The third kappa shape index (κ3) is 6.99. The number of aliphatic hydroxyl groups is 1. The van der Waals surface area contributed by atoms with E-state index in [-0.39, 0.29) is 29.7 Å². The first kappa shape index (κ1) is 30.5. The van der Waals surface area contributed by atoms with E-state index in [1.807, 2.05) is 53.1 Å². The Bertz CT molecular complexity index is 1250. The largest absolute Gasteiger partial charge is 0.378 e. The number of fused-ring (bicyclic) bond motifs is 2. The molecule has 9 heteroatoms. The van der Waals surface area contributed by atoms with Crippen molar-refractivity contribution in [3.63, 3.8) is 0 Å². The molecule has 0 saturated carbocycles. The standard InChI is InChI=1S/C33H43ClN4O4/c1-22-9-10-29(21-30(22)34)38(33(42)25-13-17-36(18-14-25)23(2)39)16-6-15-37-27-11-12-28(37)20-26(19-27)35-32(41)31(40)24-7-4-3-5-8-24/h3-5,7-10,21,25-28,31,40H,6,11-20H2,1-2H3,(H,35,41). The summed E-state index contributed by atoms with van der Waals surface area (Å²) in [5.74, 6) is -0.269. The summed E-state index contributed by atoms with van der Waals surface area (Å²) in [5, 5.41) is 14.3. The molecule has 2 aromatic carbocycles. The predicted octanol–water partition coefficient (Wildman–Crippen LogP) is 4.48. The van der Waals surface area contributed by atoms with Crippen molar-refractivity contribution in [3.8, 4) is 0 Å². The molecule has 3 aliphatic heterocycles. The number of rotatable bonds is 9. The second-order valence-electron chi connectivity index (χ2n) is 12.2. The molecule has 42 heavy (non-hydrogen) atoms. The maximum atomic E-state index is 13.8. The fraction of sp³-hybridized carbons (Fsp3) is 0.545. The maximum Gasteiger partial charge on any atom is 0.253 e. The maximum absolute atomic E-state index is 13.8. The number of benzene rings is 2. The molecular formula is C33H43ClN4O4. The summed E-state index contributed by atoms with van der Waals surface area (Å²) in [6, 6.07) is 15.7. The van der Waals surface area contributed by atoms with Crippen LogP contribution in [0.15, 0.2) is 48.5 Å². The molecule has 0 spiro atoms. The number of amides is 3. The van der Waals surface area contributed by atoms with E-state index in [0.29, 0.717) is 55.1 Å². The summed E-state index contributed by atoms with van der Waals surface area (Å²) in [6.45, 7) is 6.26. The molecule has 2 aromatic rings. The number of halogens is 1. The number of likely N-dealkylation sites (tertiary alicyclic amines) is 1. The Labute approximate surface area is 254 Å². The Morgan fingerprint density at radius 2 is 1.69 bits per heavy atom. The van der Waals surface area contributed by atoms with E-state index in [9.17, 15) is 19.5 Å². The average Bonchev–Trinajstić information content (AvgIpc) is 3.23. The van der Waals surface area contributed by atoms with Crippen molar-refractivity contribution in [3.05, 3.63) is 64.7 Å². The minimum atomic E-state index is -1.16. The summed E-state index contributed by atoms with van der Waals surface area (Å²) in [5.41, 5.74) is 2.41. The molecule has 3 unspecified atom stereocenters. The van der Waals surface area contributed by atoms with Crippen LogP contribution in [-0.4, -0.2) is 76.9 Å². The molecule has 3 saturated heterocycles. The molecule has 3 aliphatic rings. The lowest BCUT2D eigenvalue weighted by molar-refractivity contribution is -0.133. The van der Waals surface area contributed by atoms with Gasteiger partial charge in [0, 0.05) is 67.9 Å². The third-order valence-corrected chi connectivity index (χ3v) is 9.82. The predicted molar refractivity (Wildman–Crippen MR) is 164 cm³/mol. The van der Waals surface area contributed by atoms with Crippen molar-refractivity contribution in [1.29, 1.82) is 0 Å². The van der Waals surface area contributed by atoms with Crippen LogP contribution >= 0.6 is 11.6 Å². The number of carbonyl (C=O) groups is 3. The Morgan fingerprint density at radius 1 is 1.02 bits per heavy atom. The van der Waals surface area contributed by atoms with Crippen LogP contribution < -0.4 is 10.2 Å². The topological polar surface area (TPSA) is 93.2 Å². The van der Waals surface area contributed by atoms with E-state index in [1.165, 1.54) is 0 Å². The molecule has 8 nitrogen and oxygen atoms in total. The van der Waals surface area contributed by atoms with Gasteiger partial charge in [-0.3, -0.25) is 19.3 Å². The first-order valence-corrected chi connectivity index (χ1v) is 15.7. The molecule has 0 aromatic heterocycles. The molecule has 2 bridgehead atoms. The van der Waals surface area contributed by atoms with Gasteiger partial charge in [0.15, 0.2) is 6.10 Å². The fourth-order valence-electron chi connectivity index (χ4n) is 7.01. The number of aryl methyl sites for hydroxylation is 1. The molecule has 3 heterocycles. The number of piperidine rings is 2. The van der Waals surface area contributed by atoms with Gasteiger partial charge in [-0.1, -0.05) is 48.0 Å². The highest BCUT2D eigenvalue weighted by atomic mass is 35.5. The van der Waals surface area contributed by atoms with Crippen LogP contribution in [-0.2, 0) is 14.4 Å². The summed E-state index contributed by atoms with van der Waals surface area (Å²) < 4.78 is 0. The smallest absolute Gasteiger partial charge is 0.253 e.